The molecule has 2 heterocycles. The number of allylic oxidation sites excluding steroid dienone is 1. The SMILES string of the molecule is CC(C)N1C(c2cccnc2)=NC2=CC(NS(C)(=O)=O)=CCC21. The van der Waals surface area contributed by atoms with E-state index < -0.39 is 10.0 Å². The lowest BCUT2D eigenvalue weighted by molar-refractivity contribution is 0.305. The summed E-state index contributed by atoms with van der Waals surface area (Å²) in [5.74, 6) is 0.887. The van der Waals surface area contributed by atoms with Crippen LogP contribution in [0.3, 0.4) is 0 Å². The fraction of sp³-hybridized carbons (Fsp3) is 0.375. The molecule has 6 nitrogen and oxygen atoms in total. The third-order valence-electron chi connectivity index (χ3n) is 3.80. The van der Waals surface area contributed by atoms with Crippen molar-refractivity contribution in [1.82, 2.24) is 14.6 Å². The number of nitrogens with one attached hydrogen (secondary N) is 1. The number of aliphatic imine (C=N–C) groups is 1. The summed E-state index contributed by atoms with van der Waals surface area (Å²) in [4.78, 5) is 11.2. The van der Waals surface area contributed by atoms with Gasteiger partial charge in [0.2, 0.25) is 10.0 Å². The molecular formula is C16H20N4O2S. The average Bonchev–Trinajstić information content (AvgIpc) is 2.85. The summed E-state index contributed by atoms with van der Waals surface area (Å²) in [6, 6.07) is 4.29. The minimum absolute atomic E-state index is 0.135. The van der Waals surface area contributed by atoms with Crippen LogP contribution in [0.15, 0.2) is 53.1 Å². The van der Waals surface area contributed by atoms with E-state index >= 15 is 0 Å². The summed E-state index contributed by atoms with van der Waals surface area (Å²) < 4.78 is 25.4. The van der Waals surface area contributed by atoms with Crippen LogP contribution in [0.2, 0.25) is 0 Å². The van der Waals surface area contributed by atoms with E-state index in [1.165, 1.54) is 0 Å². The van der Waals surface area contributed by atoms with E-state index in [0.717, 1.165) is 29.8 Å². The number of rotatable bonds is 4. The summed E-state index contributed by atoms with van der Waals surface area (Å²) in [6.07, 6.45) is 9.13. The van der Waals surface area contributed by atoms with Crippen molar-refractivity contribution >= 4 is 15.9 Å². The van der Waals surface area contributed by atoms with Crippen molar-refractivity contribution in [2.24, 2.45) is 4.99 Å². The number of hydrogen-bond donors (Lipinski definition) is 1. The average molecular weight is 332 g/mol. The number of fused-ring (bicyclic) bond motifs is 1. The molecule has 1 aliphatic heterocycles. The summed E-state index contributed by atoms with van der Waals surface area (Å²) in [5, 5.41) is 0. The van der Waals surface area contributed by atoms with Gasteiger partial charge in [-0.1, -0.05) is 6.08 Å². The molecule has 1 aliphatic carbocycles. The molecule has 3 rings (SSSR count). The molecular weight excluding hydrogens is 312 g/mol. The van der Waals surface area contributed by atoms with Crippen molar-refractivity contribution in [3.63, 3.8) is 0 Å². The molecule has 2 aliphatic rings. The smallest absolute Gasteiger partial charge is 0.229 e. The predicted molar refractivity (Wildman–Crippen MR) is 90.3 cm³/mol. The molecule has 1 N–H and O–H groups in total. The Morgan fingerprint density at radius 2 is 2.17 bits per heavy atom. The number of amidine groups is 1. The lowest BCUT2D eigenvalue weighted by atomic mass is 10.0. The molecule has 1 atom stereocenters. The van der Waals surface area contributed by atoms with Crippen LogP contribution in [0.1, 0.15) is 25.8 Å². The summed E-state index contributed by atoms with van der Waals surface area (Å²) in [6.45, 7) is 4.26. The third kappa shape index (κ3) is 3.29. The Hall–Kier alpha value is -2.15. The van der Waals surface area contributed by atoms with E-state index in [9.17, 15) is 8.42 Å². The van der Waals surface area contributed by atoms with Gasteiger partial charge in [-0.15, -0.1) is 0 Å². The molecule has 23 heavy (non-hydrogen) atoms. The van der Waals surface area contributed by atoms with Gasteiger partial charge in [0.15, 0.2) is 0 Å². The second kappa shape index (κ2) is 5.81. The molecule has 0 bridgehead atoms. The van der Waals surface area contributed by atoms with Crippen molar-refractivity contribution in [3.8, 4) is 0 Å². The van der Waals surface area contributed by atoms with Gasteiger partial charge in [0.25, 0.3) is 0 Å². The van der Waals surface area contributed by atoms with Gasteiger partial charge in [-0.3, -0.25) is 9.71 Å². The molecule has 0 amide bonds. The monoisotopic (exact) mass is 332 g/mol. The molecule has 7 heteroatoms. The highest BCUT2D eigenvalue weighted by molar-refractivity contribution is 7.88. The lowest BCUT2D eigenvalue weighted by Gasteiger charge is -2.32. The molecule has 1 aromatic heterocycles. The third-order valence-corrected chi connectivity index (χ3v) is 4.41. The Balaban J connectivity index is 1.97. The first kappa shape index (κ1) is 15.7. The maximum atomic E-state index is 11.4. The van der Waals surface area contributed by atoms with Crippen LogP contribution < -0.4 is 4.72 Å². The van der Waals surface area contributed by atoms with Crippen LogP contribution in [-0.4, -0.2) is 42.5 Å². The zero-order chi connectivity index (χ0) is 16.6. The van der Waals surface area contributed by atoms with Gasteiger partial charge >= 0.3 is 0 Å². The normalized spacial score (nSPS) is 20.8. The van der Waals surface area contributed by atoms with Crippen LogP contribution in [-0.2, 0) is 10.0 Å². The van der Waals surface area contributed by atoms with Crippen molar-refractivity contribution in [3.05, 3.63) is 53.6 Å². The highest BCUT2D eigenvalue weighted by atomic mass is 32.2. The lowest BCUT2D eigenvalue weighted by Crippen LogP contribution is -2.42. The molecule has 1 aromatic rings. The Morgan fingerprint density at radius 3 is 2.78 bits per heavy atom. The largest absolute Gasteiger partial charge is 0.345 e. The number of sulfonamides is 1. The van der Waals surface area contributed by atoms with Gasteiger partial charge in [0.05, 0.1) is 18.0 Å². The zero-order valence-electron chi connectivity index (χ0n) is 13.4. The Morgan fingerprint density at radius 1 is 1.39 bits per heavy atom. The second-order valence-electron chi connectivity index (χ2n) is 6.03. The quantitative estimate of drug-likeness (QED) is 0.909. The van der Waals surface area contributed by atoms with Crippen molar-refractivity contribution < 1.29 is 8.42 Å². The highest BCUT2D eigenvalue weighted by Crippen LogP contribution is 2.32. The molecule has 0 radical (unpaired) electrons. The second-order valence-corrected chi connectivity index (χ2v) is 7.78. The maximum Gasteiger partial charge on any atom is 0.229 e. The molecule has 0 fully saturated rings. The van der Waals surface area contributed by atoms with E-state index in [1.807, 2.05) is 24.3 Å². The first-order chi connectivity index (χ1) is 10.8. The first-order valence-corrected chi connectivity index (χ1v) is 9.41. The van der Waals surface area contributed by atoms with Crippen molar-refractivity contribution in [2.45, 2.75) is 32.4 Å². The van der Waals surface area contributed by atoms with Crippen LogP contribution in [0, 0.1) is 0 Å². The summed E-state index contributed by atoms with van der Waals surface area (Å²) in [5.41, 5.74) is 2.43. The van der Waals surface area contributed by atoms with E-state index in [-0.39, 0.29) is 12.1 Å². The number of aromatic nitrogens is 1. The predicted octanol–water partition coefficient (Wildman–Crippen LogP) is 1.64. The van der Waals surface area contributed by atoms with Gasteiger partial charge in [-0.25, -0.2) is 13.4 Å². The molecule has 122 valence electrons. The minimum Gasteiger partial charge on any atom is -0.345 e. The number of nitrogens with zero attached hydrogens (tertiary/aromatic N) is 3. The van der Waals surface area contributed by atoms with E-state index in [2.05, 4.69) is 28.5 Å². The number of hydrogen-bond acceptors (Lipinski definition) is 5. The minimum atomic E-state index is -3.28. The molecule has 0 saturated heterocycles. The van der Waals surface area contributed by atoms with Crippen LogP contribution in [0.25, 0.3) is 0 Å². The zero-order valence-corrected chi connectivity index (χ0v) is 14.2. The Bertz CT molecular complexity index is 795. The van der Waals surface area contributed by atoms with Gasteiger partial charge in [-0.2, -0.15) is 0 Å². The highest BCUT2D eigenvalue weighted by Gasteiger charge is 2.35. The summed E-state index contributed by atoms with van der Waals surface area (Å²) >= 11 is 0. The van der Waals surface area contributed by atoms with E-state index in [0.29, 0.717) is 5.70 Å². The van der Waals surface area contributed by atoms with Gasteiger partial charge < -0.3 is 4.90 Å². The van der Waals surface area contributed by atoms with Gasteiger partial charge in [-0.05, 0) is 38.5 Å². The number of pyridine rings is 1. The fourth-order valence-electron chi connectivity index (χ4n) is 2.96. The van der Waals surface area contributed by atoms with Crippen LogP contribution in [0.5, 0.6) is 0 Å². The Kier molecular flexibility index (Phi) is 3.97. The standard InChI is InChI=1S/C16H20N4O2S/c1-11(2)20-15-7-6-13(19-23(3,21)22)9-14(15)18-16(20)12-5-4-8-17-10-12/h4-6,8-11,15,19H,7H2,1-3H3. The molecule has 0 aromatic carbocycles. The fourth-order valence-corrected chi connectivity index (χ4v) is 3.53. The molecule has 0 saturated carbocycles. The van der Waals surface area contributed by atoms with E-state index in [1.54, 1.807) is 12.4 Å². The molecule has 1 unspecified atom stereocenters. The van der Waals surface area contributed by atoms with Gasteiger partial charge in [0, 0.05) is 29.7 Å². The van der Waals surface area contributed by atoms with Gasteiger partial charge in [0.1, 0.15) is 5.84 Å². The van der Waals surface area contributed by atoms with Crippen molar-refractivity contribution in [2.75, 3.05) is 6.26 Å². The Labute approximate surface area is 136 Å². The molecule has 0 spiro atoms. The van der Waals surface area contributed by atoms with E-state index in [4.69, 9.17) is 4.99 Å². The summed E-state index contributed by atoms with van der Waals surface area (Å²) in [7, 11) is -3.28. The van der Waals surface area contributed by atoms with Crippen LogP contribution >= 0.6 is 0 Å². The van der Waals surface area contributed by atoms with Crippen LogP contribution in [0.4, 0.5) is 0 Å². The maximum absolute atomic E-state index is 11.4. The van der Waals surface area contributed by atoms with Crippen molar-refractivity contribution in [1.29, 1.82) is 0 Å². The first-order valence-electron chi connectivity index (χ1n) is 7.52. The topological polar surface area (TPSA) is 74.7 Å².